The van der Waals surface area contributed by atoms with E-state index in [0.717, 1.165) is 21.6 Å². The predicted octanol–water partition coefficient (Wildman–Crippen LogP) is 5.65. The minimum Gasteiger partial charge on any atom is -0.378 e. The zero-order valence-corrected chi connectivity index (χ0v) is 15.3. The van der Waals surface area contributed by atoms with Gasteiger partial charge in [-0.3, -0.25) is 10.1 Å². The first-order valence-corrected chi connectivity index (χ1v) is 9.71. The first-order chi connectivity index (χ1) is 12.1. The van der Waals surface area contributed by atoms with Crippen LogP contribution in [0.3, 0.4) is 0 Å². The van der Waals surface area contributed by atoms with E-state index >= 15 is 0 Å². The van der Waals surface area contributed by atoms with Crippen LogP contribution in [-0.2, 0) is 0 Å². The molecular weight excluding hydrogens is 380 g/mol. The van der Waals surface area contributed by atoms with E-state index in [1.807, 2.05) is 12.1 Å². The molecule has 1 heterocycles. The smallest absolute Gasteiger partial charge is 0.269 e. The van der Waals surface area contributed by atoms with E-state index in [0.29, 0.717) is 17.8 Å². The van der Waals surface area contributed by atoms with Crippen LogP contribution in [0.25, 0.3) is 0 Å². The van der Waals surface area contributed by atoms with Crippen molar-refractivity contribution >= 4 is 27.3 Å². The van der Waals surface area contributed by atoms with Crippen molar-refractivity contribution in [1.29, 1.82) is 0 Å². The Morgan fingerprint density at radius 2 is 1.96 bits per heavy atom. The zero-order valence-electron chi connectivity index (χ0n) is 13.7. The molecular formula is C20H19BrN2O2. The lowest BCUT2D eigenvalue weighted by molar-refractivity contribution is -0.384. The van der Waals surface area contributed by atoms with Crippen molar-refractivity contribution in [2.75, 3.05) is 5.32 Å². The molecule has 2 fully saturated rings. The monoisotopic (exact) mass is 398 g/mol. The topological polar surface area (TPSA) is 55.2 Å². The van der Waals surface area contributed by atoms with Gasteiger partial charge in [0.15, 0.2) is 0 Å². The van der Waals surface area contributed by atoms with Gasteiger partial charge in [0.25, 0.3) is 5.69 Å². The Balaban J connectivity index is 1.64. The van der Waals surface area contributed by atoms with Crippen LogP contribution in [0, 0.1) is 27.9 Å². The summed E-state index contributed by atoms with van der Waals surface area (Å²) in [5.74, 6) is 2.37. The van der Waals surface area contributed by atoms with Gasteiger partial charge in [0.1, 0.15) is 0 Å². The molecule has 3 aliphatic rings. The number of nitrogens with zero attached hydrogens (tertiary/aromatic N) is 1. The molecule has 4 nitrogen and oxygen atoms in total. The van der Waals surface area contributed by atoms with E-state index in [1.54, 1.807) is 6.07 Å². The molecule has 128 valence electrons. The molecule has 5 atom stereocenters. The predicted molar refractivity (Wildman–Crippen MR) is 101 cm³/mol. The summed E-state index contributed by atoms with van der Waals surface area (Å²) in [5.41, 5.74) is 3.76. The molecule has 2 aliphatic carbocycles. The van der Waals surface area contributed by atoms with Gasteiger partial charge >= 0.3 is 0 Å². The minimum atomic E-state index is -0.275. The Hall–Kier alpha value is -1.88. The average Bonchev–Trinajstić information content (AvgIpc) is 3.22. The fourth-order valence-corrected chi connectivity index (χ4v) is 6.03. The molecule has 1 N–H and O–H groups in total. The van der Waals surface area contributed by atoms with Crippen LogP contribution in [0.2, 0.25) is 0 Å². The van der Waals surface area contributed by atoms with Crippen LogP contribution in [0.1, 0.15) is 42.3 Å². The number of rotatable bonds is 2. The first-order valence-electron chi connectivity index (χ1n) is 8.92. The van der Waals surface area contributed by atoms with Crippen molar-refractivity contribution in [2.24, 2.45) is 17.8 Å². The van der Waals surface area contributed by atoms with E-state index < -0.39 is 0 Å². The van der Waals surface area contributed by atoms with Gasteiger partial charge in [0.2, 0.25) is 0 Å². The van der Waals surface area contributed by atoms with E-state index in [1.165, 1.54) is 24.8 Å². The Morgan fingerprint density at radius 3 is 2.76 bits per heavy atom. The Bertz CT molecular complexity index is 869. The summed E-state index contributed by atoms with van der Waals surface area (Å²) in [7, 11) is 0. The summed E-state index contributed by atoms with van der Waals surface area (Å²) in [6.07, 6.45) is 3.82. The third-order valence-electron chi connectivity index (χ3n) is 6.49. The highest BCUT2D eigenvalue weighted by molar-refractivity contribution is 9.10. The molecule has 0 spiro atoms. The standard InChI is InChI=1S/C20H19BrN2O2/c21-14-3-1-2-13(9-14)20-19-12-5-4-11(8-12)18(19)16-10-15(23(24)25)6-7-17(16)22-20/h1-3,6-7,9-12,18-20,22H,4-5,8H2/t11-,12-,18-,19+,20+/m0/s1. The maximum absolute atomic E-state index is 11.2. The molecule has 5 rings (SSSR count). The van der Waals surface area contributed by atoms with Gasteiger partial charge in [-0.05, 0) is 72.3 Å². The fraction of sp³-hybridized carbons (Fsp3) is 0.400. The van der Waals surface area contributed by atoms with Crippen molar-refractivity contribution < 1.29 is 4.92 Å². The lowest BCUT2D eigenvalue weighted by Crippen LogP contribution is -2.35. The summed E-state index contributed by atoms with van der Waals surface area (Å²) < 4.78 is 1.10. The number of anilines is 1. The lowest BCUT2D eigenvalue weighted by Gasteiger charge is -2.43. The molecule has 0 aromatic heterocycles. The lowest BCUT2D eigenvalue weighted by atomic mass is 9.68. The Labute approximate surface area is 154 Å². The maximum Gasteiger partial charge on any atom is 0.269 e. The summed E-state index contributed by atoms with van der Waals surface area (Å²) in [6.45, 7) is 0. The van der Waals surface area contributed by atoms with Gasteiger partial charge < -0.3 is 5.32 Å². The van der Waals surface area contributed by atoms with Crippen LogP contribution in [-0.4, -0.2) is 4.92 Å². The van der Waals surface area contributed by atoms with Crippen LogP contribution >= 0.6 is 15.9 Å². The second kappa shape index (κ2) is 5.56. The highest BCUT2D eigenvalue weighted by Gasteiger charge is 2.54. The van der Waals surface area contributed by atoms with Crippen molar-refractivity contribution in [3.63, 3.8) is 0 Å². The van der Waals surface area contributed by atoms with E-state index in [2.05, 4.69) is 45.5 Å². The van der Waals surface area contributed by atoms with Crippen molar-refractivity contribution in [3.8, 4) is 0 Å². The van der Waals surface area contributed by atoms with Gasteiger partial charge in [-0.1, -0.05) is 28.1 Å². The van der Waals surface area contributed by atoms with Gasteiger partial charge in [-0.2, -0.15) is 0 Å². The highest BCUT2D eigenvalue weighted by atomic mass is 79.9. The van der Waals surface area contributed by atoms with Crippen molar-refractivity contribution in [3.05, 3.63) is 68.2 Å². The molecule has 0 unspecified atom stereocenters. The van der Waals surface area contributed by atoms with Gasteiger partial charge in [0, 0.05) is 22.3 Å². The molecule has 25 heavy (non-hydrogen) atoms. The minimum absolute atomic E-state index is 0.211. The zero-order chi connectivity index (χ0) is 17.1. The SMILES string of the molecule is O=[N+]([O-])c1ccc2c(c1)[C@@H]1[C@H]3CC[C@@H](C3)[C@H]1[C@@H](c1cccc(Br)c1)N2. The summed E-state index contributed by atoms with van der Waals surface area (Å²) in [5, 5.41) is 15.0. The third-order valence-corrected chi connectivity index (χ3v) is 6.98. The molecule has 2 aromatic rings. The average molecular weight is 399 g/mol. The highest BCUT2D eigenvalue weighted by Crippen LogP contribution is 2.63. The van der Waals surface area contributed by atoms with Gasteiger partial charge in [-0.25, -0.2) is 0 Å². The number of benzene rings is 2. The third kappa shape index (κ3) is 2.32. The quantitative estimate of drug-likeness (QED) is 0.524. The van der Waals surface area contributed by atoms with Crippen LogP contribution in [0.15, 0.2) is 46.9 Å². The largest absolute Gasteiger partial charge is 0.378 e. The number of hydrogen-bond acceptors (Lipinski definition) is 3. The van der Waals surface area contributed by atoms with Gasteiger partial charge in [-0.15, -0.1) is 0 Å². The van der Waals surface area contributed by atoms with E-state index in [9.17, 15) is 10.1 Å². The molecule has 2 aromatic carbocycles. The molecule has 1 aliphatic heterocycles. The number of nitro groups is 1. The van der Waals surface area contributed by atoms with Crippen LogP contribution < -0.4 is 5.32 Å². The number of fused-ring (bicyclic) bond motifs is 7. The molecule has 2 bridgehead atoms. The van der Waals surface area contributed by atoms with Crippen molar-refractivity contribution in [2.45, 2.75) is 31.2 Å². The second-order valence-electron chi connectivity index (χ2n) is 7.64. The molecule has 2 saturated carbocycles. The first kappa shape index (κ1) is 15.4. The number of nitro benzene ring substituents is 1. The Morgan fingerprint density at radius 1 is 1.12 bits per heavy atom. The molecule has 0 saturated heterocycles. The van der Waals surface area contributed by atoms with Crippen LogP contribution in [0.5, 0.6) is 0 Å². The molecule has 0 radical (unpaired) electrons. The maximum atomic E-state index is 11.2. The summed E-state index contributed by atoms with van der Waals surface area (Å²) in [6, 6.07) is 14.2. The van der Waals surface area contributed by atoms with E-state index in [4.69, 9.17) is 0 Å². The Kier molecular flexibility index (Phi) is 3.42. The van der Waals surface area contributed by atoms with Gasteiger partial charge in [0.05, 0.1) is 11.0 Å². The van der Waals surface area contributed by atoms with Crippen molar-refractivity contribution in [1.82, 2.24) is 0 Å². The number of non-ortho nitro benzene ring substituents is 1. The fourth-order valence-electron chi connectivity index (χ4n) is 5.62. The number of hydrogen-bond donors (Lipinski definition) is 1. The molecule has 0 amide bonds. The second-order valence-corrected chi connectivity index (χ2v) is 8.56. The summed E-state index contributed by atoms with van der Waals surface area (Å²) >= 11 is 3.60. The molecule has 5 heteroatoms. The van der Waals surface area contributed by atoms with E-state index in [-0.39, 0.29) is 16.7 Å². The summed E-state index contributed by atoms with van der Waals surface area (Å²) in [4.78, 5) is 11.0. The normalized spacial score (nSPS) is 32.0. The van der Waals surface area contributed by atoms with Crippen LogP contribution in [0.4, 0.5) is 11.4 Å². The number of halogens is 1. The number of nitrogens with one attached hydrogen (secondary N) is 1.